The quantitative estimate of drug-likeness (QED) is 0.734. The Morgan fingerprint density at radius 1 is 1.20 bits per heavy atom. The van der Waals surface area contributed by atoms with E-state index in [-0.39, 0.29) is 11.8 Å². The summed E-state index contributed by atoms with van der Waals surface area (Å²) in [5.41, 5.74) is 2.83. The lowest BCUT2D eigenvalue weighted by atomic mass is 10.1. The highest BCUT2D eigenvalue weighted by molar-refractivity contribution is 7.22. The molecule has 1 N–H and O–H groups in total. The van der Waals surface area contributed by atoms with E-state index in [1.807, 2.05) is 55.5 Å². The molecule has 1 fully saturated rings. The number of hydrogen-bond acceptors (Lipinski definition) is 4. The highest BCUT2D eigenvalue weighted by atomic mass is 32.1. The maximum absolute atomic E-state index is 12.6. The monoisotopic (exact) mass is 351 g/mol. The Balaban J connectivity index is 1.49. The van der Waals surface area contributed by atoms with Gasteiger partial charge in [0.05, 0.1) is 10.2 Å². The smallest absolute Gasteiger partial charge is 0.239 e. The van der Waals surface area contributed by atoms with Crippen molar-refractivity contribution in [2.45, 2.75) is 13.3 Å². The zero-order valence-electron chi connectivity index (χ0n) is 13.7. The van der Waals surface area contributed by atoms with Gasteiger partial charge in [-0.3, -0.25) is 9.59 Å². The van der Waals surface area contributed by atoms with Crippen LogP contribution in [0.25, 0.3) is 10.2 Å². The van der Waals surface area contributed by atoms with Crippen LogP contribution in [-0.4, -0.2) is 23.3 Å². The van der Waals surface area contributed by atoms with Crippen LogP contribution in [0.1, 0.15) is 12.0 Å². The minimum absolute atomic E-state index is 0.150. The fourth-order valence-electron chi connectivity index (χ4n) is 3.02. The van der Waals surface area contributed by atoms with Gasteiger partial charge >= 0.3 is 0 Å². The maximum Gasteiger partial charge on any atom is 0.239 e. The third-order valence-electron chi connectivity index (χ3n) is 4.39. The molecule has 0 bridgehead atoms. The van der Waals surface area contributed by atoms with Crippen LogP contribution in [0.3, 0.4) is 0 Å². The number of fused-ring (bicyclic) bond motifs is 1. The average molecular weight is 351 g/mol. The van der Waals surface area contributed by atoms with Gasteiger partial charge in [0, 0.05) is 12.2 Å². The van der Waals surface area contributed by atoms with Gasteiger partial charge in [0.1, 0.15) is 5.92 Å². The SMILES string of the molecule is Cc1ccc(N2CCC(C(=O)Nc3nc4ccccc4s3)C2=O)cc1. The Labute approximate surface area is 149 Å². The van der Waals surface area contributed by atoms with Crippen LogP contribution in [0.4, 0.5) is 10.8 Å². The van der Waals surface area contributed by atoms with Crippen molar-refractivity contribution < 1.29 is 9.59 Å². The standard InChI is InChI=1S/C19H17N3O2S/c1-12-6-8-13(9-7-12)22-11-10-14(18(22)24)17(23)21-19-20-15-4-2-3-5-16(15)25-19/h2-9,14H,10-11H2,1H3,(H,20,21,23). The molecule has 0 saturated carbocycles. The number of hydrogen-bond donors (Lipinski definition) is 1. The van der Waals surface area contributed by atoms with Crippen molar-refractivity contribution in [2.75, 3.05) is 16.8 Å². The van der Waals surface area contributed by atoms with Crippen LogP contribution in [0, 0.1) is 12.8 Å². The van der Waals surface area contributed by atoms with Gasteiger partial charge in [-0.25, -0.2) is 4.98 Å². The highest BCUT2D eigenvalue weighted by Crippen LogP contribution is 2.29. The maximum atomic E-state index is 12.6. The summed E-state index contributed by atoms with van der Waals surface area (Å²) in [5, 5.41) is 3.34. The number of aryl methyl sites for hydroxylation is 1. The molecular weight excluding hydrogens is 334 g/mol. The minimum atomic E-state index is -0.659. The zero-order valence-corrected chi connectivity index (χ0v) is 14.5. The largest absolute Gasteiger partial charge is 0.312 e. The van der Waals surface area contributed by atoms with E-state index in [4.69, 9.17) is 0 Å². The number of aromatic nitrogens is 1. The lowest BCUT2D eigenvalue weighted by molar-refractivity contribution is -0.129. The number of carbonyl (C=O) groups is 2. The number of anilines is 2. The number of amides is 2. The molecule has 2 heterocycles. The summed E-state index contributed by atoms with van der Waals surface area (Å²) in [6.07, 6.45) is 0.517. The summed E-state index contributed by atoms with van der Waals surface area (Å²) in [7, 11) is 0. The molecule has 6 heteroatoms. The van der Waals surface area contributed by atoms with E-state index in [2.05, 4.69) is 10.3 Å². The first-order valence-electron chi connectivity index (χ1n) is 8.16. The van der Waals surface area contributed by atoms with E-state index in [0.29, 0.717) is 18.1 Å². The molecule has 1 saturated heterocycles. The molecule has 0 spiro atoms. The van der Waals surface area contributed by atoms with Gasteiger partial charge in [-0.1, -0.05) is 41.2 Å². The van der Waals surface area contributed by atoms with Crippen LogP contribution >= 0.6 is 11.3 Å². The van der Waals surface area contributed by atoms with Crippen LogP contribution in [0.15, 0.2) is 48.5 Å². The van der Waals surface area contributed by atoms with Crippen molar-refractivity contribution in [1.29, 1.82) is 0 Å². The summed E-state index contributed by atoms with van der Waals surface area (Å²) >= 11 is 1.42. The van der Waals surface area contributed by atoms with Crippen molar-refractivity contribution in [1.82, 2.24) is 4.98 Å². The van der Waals surface area contributed by atoms with E-state index in [0.717, 1.165) is 21.5 Å². The molecule has 1 aliphatic heterocycles. The van der Waals surface area contributed by atoms with Crippen LogP contribution < -0.4 is 10.2 Å². The van der Waals surface area contributed by atoms with Gasteiger partial charge in [-0.2, -0.15) is 0 Å². The molecule has 1 aromatic heterocycles. The summed E-state index contributed by atoms with van der Waals surface area (Å²) in [6, 6.07) is 15.5. The molecule has 3 aromatic rings. The average Bonchev–Trinajstić information content (AvgIpc) is 3.18. The molecular formula is C19H17N3O2S. The van der Waals surface area contributed by atoms with E-state index in [1.165, 1.54) is 11.3 Å². The minimum Gasteiger partial charge on any atom is -0.312 e. The molecule has 0 radical (unpaired) electrons. The summed E-state index contributed by atoms with van der Waals surface area (Å²) in [6.45, 7) is 2.56. The van der Waals surface area contributed by atoms with Crippen molar-refractivity contribution in [3.63, 3.8) is 0 Å². The summed E-state index contributed by atoms with van der Waals surface area (Å²) < 4.78 is 1.01. The fraction of sp³-hybridized carbons (Fsp3) is 0.211. The molecule has 126 valence electrons. The Hall–Kier alpha value is -2.73. The highest BCUT2D eigenvalue weighted by Gasteiger charge is 2.37. The van der Waals surface area contributed by atoms with Crippen molar-refractivity contribution >= 4 is 44.2 Å². The topological polar surface area (TPSA) is 62.3 Å². The summed E-state index contributed by atoms with van der Waals surface area (Å²) in [4.78, 5) is 31.3. The number of thiazole rings is 1. The third kappa shape index (κ3) is 3.00. The van der Waals surface area contributed by atoms with E-state index in [1.54, 1.807) is 4.90 Å². The second kappa shape index (κ2) is 6.29. The van der Waals surface area contributed by atoms with Gasteiger partial charge < -0.3 is 10.2 Å². The number of para-hydroxylation sites is 1. The Kier molecular flexibility index (Phi) is 3.97. The molecule has 2 amide bonds. The number of rotatable bonds is 3. The second-order valence-electron chi connectivity index (χ2n) is 6.14. The molecule has 25 heavy (non-hydrogen) atoms. The first kappa shape index (κ1) is 15.8. The Morgan fingerprint density at radius 3 is 2.72 bits per heavy atom. The zero-order chi connectivity index (χ0) is 17.4. The predicted molar refractivity (Wildman–Crippen MR) is 99.9 cm³/mol. The predicted octanol–water partition coefficient (Wildman–Crippen LogP) is 3.60. The number of carbonyl (C=O) groups excluding carboxylic acids is 2. The molecule has 2 aromatic carbocycles. The fourth-order valence-corrected chi connectivity index (χ4v) is 3.89. The van der Waals surface area contributed by atoms with Crippen molar-refractivity contribution in [3.05, 3.63) is 54.1 Å². The number of benzene rings is 2. The van der Waals surface area contributed by atoms with Crippen LogP contribution in [0.2, 0.25) is 0 Å². The van der Waals surface area contributed by atoms with Gasteiger partial charge in [0.2, 0.25) is 11.8 Å². The third-order valence-corrected chi connectivity index (χ3v) is 5.34. The Bertz CT molecular complexity index is 916. The normalized spacial score (nSPS) is 17.2. The van der Waals surface area contributed by atoms with Gasteiger partial charge in [0.25, 0.3) is 0 Å². The van der Waals surface area contributed by atoms with Gasteiger partial charge in [-0.15, -0.1) is 0 Å². The molecule has 5 nitrogen and oxygen atoms in total. The van der Waals surface area contributed by atoms with Gasteiger partial charge in [0.15, 0.2) is 5.13 Å². The summed E-state index contributed by atoms with van der Waals surface area (Å²) in [5.74, 6) is -1.09. The lowest BCUT2D eigenvalue weighted by Gasteiger charge is -2.16. The number of nitrogens with zero attached hydrogens (tertiary/aromatic N) is 2. The molecule has 1 atom stereocenters. The molecule has 1 aliphatic rings. The molecule has 4 rings (SSSR count). The second-order valence-corrected chi connectivity index (χ2v) is 7.17. The van der Waals surface area contributed by atoms with E-state index >= 15 is 0 Å². The Morgan fingerprint density at radius 2 is 1.96 bits per heavy atom. The van der Waals surface area contributed by atoms with Crippen LogP contribution in [0.5, 0.6) is 0 Å². The van der Waals surface area contributed by atoms with Crippen molar-refractivity contribution in [3.8, 4) is 0 Å². The van der Waals surface area contributed by atoms with Crippen LogP contribution in [-0.2, 0) is 9.59 Å². The van der Waals surface area contributed by atoms with E-state index in [9.17, 15) is 9.59 Å². The van der Waals surface area contributed by atoms with E-state index < -0.39 is 5.92 Å². The first-order valence-corrected chi connectivity index (χ1v) is 8.98. The molecule has 1 unspecified atom stereocenters. The van der Waals surface area contributed by atoms with Gasteiger partial charge in [-0.05, 0) is 37.6 Å². The number of nitrogens with one attached hydrogen (secondary N) is 1. The molecule has 0 aliphatic carbocycles. The first-order chi connectivity index (χ1) is 12.1. The lowest BCUT2D eigenvalue weighted by Crippen LogP contribution is -2.33. The van der Waals surface area contributed by atoms with Crippen molar-refractivity contribution in [2.24, 2.45) is 5.92 Å².